The molecule has 3 N–H and O–H groups in total. The number of nitrogens with two attached hydrogens (primary N) is 1. The van der Waals surface area contributed by atoms with Gasteiger partial charge >= 0.3 is 6.09 Å². The molecule has 3 rings (SSSR count). The molecule has 1 aromatic carbocycles. The molecular weight excluding hydrogens is 344 g/mol. The number of carbonyl (C=O) groups excluding carboxylic acids is 1. The maximum atomic E-state index is 12.2. The summed E-state index contributed by atoms with van der Waals surface area (Å²) < 4.78 is 10.7. The lowest BCUT2D eigenvalue weighted by Gasteiger charge is -2.24. The molecule has 1 fully saturated rings. The summed E-state index contributed by atoms with van der Waals surface area (Å²) in [5, 5.41) is 7.44. The number of amides is 1. The number of aryl methyl sites for hydroxylation is 2. The lowest BCUT2D eigenvalue weighted by molar-refractivity contribution is 0.0293. The van der Waals surface area contributed by atoms with Gasteiger partial charge in [0.1, 0.15) is 11.4 Å². The lowest BCUT2D eigenvalue weighted by atomic mass is 10.0. The SMILES string of the molecule is Cc1noc(C)c1-c1ccc(N[C@@H]2CCN(C(=O)OC(C)(C)C)C2)c(N)c1. The van der Waals surface area contributed by atoms with Gasteiger partial charge in [-0.15, -0.1) is 0 Å². The van der Waals surface area contributed by atoms with E-state index in [2.05, 4.69) is 10.5 Å². The highest BCUT2D eigenvalue weighted by molar-refractivity contribution is 5.78. The minimum Gasteiger partial charge on any atom is -0.444 e. The summed E-state index contributed by atoms with van der Waals surface area (Å²) in [4.78, 5) is 13.9. The number of aromatic nitrogens is 1. The Morgan fingerprint density at radius 1 is 1.37 bits per heavy atom. The molecule has 0 saturated carbocycles. The molecule has 1 aliphatic heterocycles. The number of hydrogen-bond donors (Lipinski definition) is 2. The summed E-state index contributed by atoms with van der Waals surface area (Å²) >= 11 is 0. The second kappa shape index (κ2) is 7.13. The third-order valence-corrected chi connectivity index (χ3v) is 4.57. The number of benzene rings is 1. The van der Waals surface area contributed by atoms with Crippen LogP contribution in [0.5, 0.6) is 0 Å². The average molecular weight is 372 g/mol. The number of hydrogen-bond acceptors (Lipinski definition) is 6. The number of likely N-dealkylation sites (tertiary alicyclic amines) is 1. The number of nitrogen functional groups attached to an aromatic ring is 1. The second-order valence-corrected chi connectivity index (χ2v) is 8.06. The third-order valence-electron chi connectivity index (χ3n) is 4.57. The van der Waals surface area contributed by atoms with Crippen molar-refractivity contribution in [2.75, 3.05) is 24.1 Å². The summed E-state index contributed by atoms with van der Waals surface area (Å²) in [6.45, 7) is 10.7. The summed E-state index contributed by atoms with van der Waals surface area (Å²) in [6, 6.07) is 6.04. The van der Waals surface area contributed by atoms with Crippen LogP contribution in [0.15, 0.2) is 22.7 Å². The first-order valence-electron chi connectivity index (χ1n) is 9.21. The summed E-state index contributed by atoms with van der Waals surface area (Å²) in [7, 11) is 0. The standard InChI is InChI=1S/C20H28N4O3/c1-12-18(13(2)27-23-12)14-6-7-17(16(21)10-14)22-15-8-9-24(11-15)19(25)26-20(3,4)5/h6-7,10,15,22H,8-9,11,21H2,1-5H3/t15-/m1/s1. The first kappa shape index (κ1) is 19.1. The molecule has 27 heavy (non-hydrogen) atoms. The van der Waals surface area contributed by atoms with Crippen LogP contribution in [0.4, 0.5) is 16.2 Å². The Hall–Kier alpha value is -2.70. The van der Waals surface area contributed by atoms with Crippen molar-refractivity contribution in [3.8, 4) is 11.1 Å². The Morgan fingerprint density at radius 3 is 2.70 bits per heavy atom. The van der Waals surface area contributed by atoms with Gasteiger partial charge in [0.2, 0.25) is 0 Å². The molecule has 146 valence electrons. The number of anilines is 2. The lowest BCUT2D eigenvalue weighted by Crippen LogP contribution is -2.36. The molecule has 2 heterocycles. The Labute approximate surface area is 159 Å². The van der Waals surface area contributed by atoms with Crippen molar-refractivity contribution < 1.29 is 14.1 Å². The molecule has 0 unspecified atom stereocenters. The molecule has 1 amide bonds. The van der Waals surface area contributed by atoms with Crippen LogP contribution >= 0.6 is 0 Å². The molecule has 1 atom stereocenters. The van der Waals surface area contributed by atoms with Crippen LogP contribution < -0.4 is 11.1 Å². The Bertz CT molecular complexity index is 819. The van der Waals surface area contributed by atoms with Gasteiger partial charge in [-0.05, 0) is 58.7 Å². The zero-order valence-electron chi connectivity index (χ0n) is 16.6. The van der Waals surface area contributed by atoms with E-state index in [9.17, 15) is 4.79 Å². The molecule has 0 spiro atoms. The highest BCUT2D eigenvalue weighted by Gasteiger charge is 2.30. The van der Waals surface area contributed by atoms with E-state index >= 15 is 0 Å². The van der Waals surface area contributed by atoms with E-state index < -0.39 is 5.60 Å². The first-order valence-corrected chi connectivity index (χ1v) is 9.21. The number of rotatable bonds is 3. The van der Waals surface area contributed by atoms with Crippen molar-refractivity contribution >= 4 is 17.5 Å². The molecule has 7 nitrogen and oxygen atoms in total. The van der Waals surface area contributed by atoms with Crippen molar-refractivity contribution in [3.05, 3.63) is 29.7 Å². The van der Waals surface area contributed by atoms with E-state index in [1.54, 1.807) is 4.90 Å². The van der Waals surface area contributed by atoms with Crippen LogP contribution in [0.2, 0.25) is 0 Å². The summed E-state index contributed by atoms with van der Waals surface area (Å²) in [5.41, 5.74) is 10.1. The van der Waals surface area contributed by atoms with E-state index in [1.165, 1.54) is 0 Å². The van der Waals surface area contributed by atoms with E-state index in [0.717, 1.165) is 34.7 Å². The predicted octanol–water partition coefficient (Wildman–Crippen LogP) is 3.96. The van der Waals surface area contributed by atoms with E-state index in [0.29, 0.717) is 18.8 Å². The fourth-order valence-corrected chi connectivity index (χ4v) is 3.34. The monoisotopic (exact) mass is 372 g/mol. The van der Waals surface area contributed by atoms with E-state index in [4.69, 9.17) is 15.0 Å². The molecule has 1 aromatic heterocycles. The molecule has 2 aromatic rings. The van der Waals surface area contributed by atoms with Gasteiger partial charge in [-0.1, -0.05) is 11.2 Å². The van der Waals surface area contributed by atoms with Gasteiger partial charge in [0.25, 0.3) is 0 Å². The topological polar surface area (TPSA) is 93.6 Å². The van der Waals surface area contributed by atoms with Gasteiger partial charge < -0.3 is 25.2 Å². The third kappa shape index (κ3) is 4.35. The van der Waals surface area contributed by atoms with Crippen molar-refractivity contribution in [3.63, 3.8) is 0 Å². The van der Waals surface area contributed by atoms with Crippen LogP contribution in [0.25, 0.3) is 11.1 Å². The molecular formula is C20H28N4O3. The molecule has 0 bridgehead atoms. The predicted molar refractivity (Wildman–Crippen MR) is 106 cm³/mol. The number of nitrogens with one attached hydrogen (secondary N) is 1. The highest BCUT2D eigenvalue weighted by Crippen LogP contribution is 2.32. The van der Waals surface area contributed by atoms with Gasteiger partial charge in [0.05, 0.1) is 17.1 Å². The maximum absolute atomic E-state index is 12.2. The van der Waals surface area contributed by atoms with Gasteiger partial charge in [-0.25, -0.2) is 4.79 Å². The van der Waals surface area contributed by atoms with Crippen molar-refractivity contribution in [1.29, 1.82) is 0 Å². The smallest absolute Gasteiger partial charge is 0.410 e. The molecule has 0 radical (unpaired) electrons. The minimum atomic E-state index is -0.485. The van der Waals surface area contributed by atoms with E-state index in [-0.39, 0.29) is 12.1 Å². The quantitative estimate of drug-likeness (QED) is 0.792. The van der Waals surface area contributed by atoms with Crippen LogP contribution in [-0.4, -0.2) is 40.9 Å². The Morgan fingerprint density at radius 2 is 2.11 bits per heavy atom. The number of nitrogens with zero attached hydrogens (tertiary/aromatic N) is 2. The number of ether oxygens (including phenoxy) is 1. The molecule has 1 aliphatic rings. The summed E-state index contributed by atoms with van der Waals surface area (Å²) in [6.07, 6.45) is 0.582. The molecule has 0 aliphatic carbocycles. The largest absolute Gasteiger partial charge is 0.444 e. The zero-order valence-corrected chi connectivity index (χ0v) is 16.6. The van der Waals surface area contributed by atoms with Gasteiger partial charge in [-0.3, -0.25) is 0 Å². The van der Waals surface area contributed by atoms with Crippen LogP contribution in [0.1, 0.15) is 38.6 Å². The second-order valence-electron chi connectivity index (χ2n) is 8.06. The minimum absolute atomic E-state index is 0.143. The van der Waals surface area contributed by atoms with Crippen molar-refractivity contribution in [2.45, 2.75) is 52.7 Å². The van der Waals surface area contributed by atoms with Crippen LogP contribution in [0.3, 0.4) is 0 Å². The van der Waals surface area contributed by atoms with Gasteiger partial charge in [0, 0.05) is 24.7 Å². The van der Waals surface area contributed by atoms with Crippen molar-refractivity contribution in [1.82, 2.24) is 10.1 Å². The fourth-order valence-electron chi connectivity index (χ4n) is 3.34. The fraction of sp³-hybridized carbons (Fsp3) is 0.500. The van der Waals surface area contributed by atoms with Crippen LogP contribution in [0, 0.1) is 13.8 Å². The van der Waals surface area contributed by atoms with Crippen molar-refractivity contribution in [2.24, 2.45) is 0 Å². The van der Waals surface area contributed by atoms with E-state index in [1.807, 2.05) is 52.8 Å². The maximum Gasteiger partial charge on any atom is 0.410 e. The normalized spacial score (nSPS) is 17.2. The molecule has 1 saturated heterocycles. The van der Waals surface area contributed by atoms with Gasteiger partial charge in [0.15, 0.2) is 0 Å². The Balaban J connectivity index is 1.66. The summed E-state index contributed by atoms with van der Waals surface area (Å²) in [5.74, 6) is 0.774. The first-order chi connectivity index (χ1) is 12.6. The zero-order chi connectivity index (χ0) is 19.8. The average Bonchev–Trinajstić information content (AvgIpc) is 3.15. The van der Waals surface area contributed by atoms with Gasteiger partial charge in [-0.2, -0.15) is 0 Å². The number of carbonyl (C=O) groups is 1. The van der Waals surface area contributed by atoms with Crippen LogP contribution in [-0.2, 0) is 4.74 Å². The Kier molecular flexibility index (Phi) is 5.04. The molecule has 7 heteroatoms. The highest BCUT2D eigenvalue weighted by atomic mass is 16.6.